The predicted molar refractivity (Wildman–Crippen MR) is 110 cm³/mol. The smallest absolute Gasteiger partial charge is 0.115 e. The fourth-order valence-electron chi connectivity index (χ4n) is 6.31. The number of aromatic hydroxyl groups is 1. The van der Waals surface area contributed by atoms with Gasteiger partial charge in [-0.15, -0.1) is 0 Å². The maximum Gasteiger partial charge on any atom is 0.115 e. The van der Waals surface area contributed by atoms with Gasteiger partial charge in [-0.2, -0.15) is 0 Å². The van der Waals surface area contributed by atoms with Crippen molar-refractivity contribution < 1.29 is 5.11 Å². The molecule has 3 heteroatoms. The summed E-state index contributed by atoms with van der Waals surface area (Å²) in [6, 6.07) is 15.2. The first-order valence-corrected chi connectivity index (χ1v) is 10.6. The van der Waals surface area contributed by atoms with E-state index in [4.69, 9.17) is 5.73 Å². The van der Waals surface area contributed by atoms with Gasteiger partial charge in [0, 0.05) is 23.7 Å². The fraction of sp³-hybridized carbons (Fsp3) is 0.500. The lowest BCUT2D eigenvalue weighted by molar-refractivity contribution is -0.0106. The molecule has 0 radical (unpaired) electrons. The number of hydrogen-bond donors (Lipinski definition) is 2. The molecule has 1 heterocycles. The number of hydrogen-bond acceptors (Lipinski definition) is 3. The third-order valence-corrected chi connectivity index (χ3v) is 7.60. The summed E-state index contributed by atoms with van der Waals surface area (Å²) in [5.41, 5.74) is 11.3. The Kier molecular flexibility index (Phi) is 4.16. The highest BCUT2D eigenvalue weighted by atomic mass is 16.3. The summed E-state index contributed by atoms with van der Waals surface area (Å²) in [6.45, 7) is 2.32. The van der Waals surface area contributed by atoms with Crippen LogP contribution in [0.3, 0.4) is 0 Å². The van der Waals surface area contributed by atoms with Crippen LogP contribution in [-0.4, -0.2) is 29.1 Å². The highest BCUT2D eigenvalue weighted by Gasteiger charge is 2.53. The van der Waals surface area contributed by atoms with Crippen LogP contribution in [0.2, 0.25) is 0 Å². The second-order valence-electron chi connectivity index (χ2n) is 8.90. The summed E-state index contributed by atoms with van der Waals surface area (Å²) in [7, 11) is 0. The molecule has 5 rings (SSSR count). The zero-order chi connectivity index (χ0) is 18.4. The SMILES string of the molecule is Nc1ccc(CCN2CC[C@]34CCCC[C@H]3[C@@H]2Cc2ccc(O)cc24)cc1. The first-order valence-electron chi connectivity index (χ1n) is 10.6. The summed E-state index contributed by atoms with van der Waals surface area (Å²) in [5.74, 6) is 1.19. The normalized spacial score (nSPS) is 29.8. The predicted octanol–water partition coefficient (Wildman–Crippen LogP) is 4.28. The van der Waals surface area contributed by atoms with Gasteiger partial charge in [0.2, 0.25) is 0 Å². The second-order valence-corrected chi connectivity index (χ2v) is 8.90. The van der Waals surface area contributed by atoms with Crippen LogP contribution in [0.1, 0.15) is 48.8 Å². The van der Waals surface area contributed by atoms with Crippen molar-refractivity contribution in [3.05, 3.63) is 59.2 Å². The number of nitrogens with zero attached hydrogens (tertiary/aromatic N) is 1. The van der Waals surface area contributed by atoms with Crippen LogP contribution in [0.5, 0.6) is 5.75 Å². The van der Waals surface area contributed by atoms with E-state index >= 15 is 0 Å². The Morgan fingerprint density at radius 1 is 1.07 bits per heavy atom. The second kappa shape index (κ2) is 6.56. The molecule has 3 atom stereocenters. The Bertz CT molecular complexity index is 831. The lowest BCUT2D eigenvalue weighted by Crippen LogP contribution is -2.61. The van der Waals surface area contributed by atoms with Crippen molar-refractivity contribution in [3.63, 3.8) is 0 Å². The highest BCUT2D eigenvalue weighted by molar-refractivity contribution is 5.45. The van der Waals surface area contributed by atoms with E-state index in [1.807, 2.05) is 18.2 Å². The number of fused-ring (bicyclic) bond motifs is 1. The third kappa shape index (κ3) is 2.84. The molecule has 142 valence electrons. The highest BCUT2D eigenvalue weighted by Crippen LogP contribution is 2.56. The number of nitrogens with two attached hydrogens (primary N) is 1. The van der Waals surface area contributed by atoms with E-state index in [9.17, 15) is 5.11 Å². The first-order chi connectivity index (χ1) is 13.2. The van der Waals surface area contributed by atoms with Crippen molar-refractivity contribution in [1.82, 2.24) is 4.90 Å². The number of phenols is 1. The van der Waals surface area contributed by atoms with Crippen molar-refractivity contribution >= 4 is 5.69 Å². The molecule has 0 unspecified atom stereocenters. The Morgan fingerprint density at radius 3 is 2.78 bits per heavy atom. The summed E-state index contributed by atoms with van der Waals surface area (Å²) in [5, 5.41) is 10.1. The number of likely N-dealkylation sites (tertiary alicyclic amines) is 1. The van der Waals surface area contributed by atoms with Gasteiger partial charge in [-0.3, -0.25) is 4.90 Å². The lowest BCUT2D eigenvalue weighted by atomic mass is 9.52. The van der Waals surface area contributed by atoms with Crippen LogP contribution in [0.15, 0.2) is 42.5 Å². The molecular formula is C24H30N2O. The molecule has 0 spiro atoms. The van der Waals surface area contributed by atoms with Gasteiger partial charge in [-0.1, -0.05) is 31.0 Å². The zero-order valence-corrected chi connectivity index (χ0v) is 16.0. The van der Waals surface area contributed by atoms with Crippen LogP contribution in [-0.2, 0) is 18.3 Å². The van der Waals surface area contributed by atoms with Gasteiger partial charge in [-0.05, 0) is 85.5 Å². The van der Waals surface area contributed by atoms with Gasteiger partial charge in [-0.25, -0.2) is 0 Å². The Labute approximate surface area is 162 Å². The average Bonchev–Trinajstić information content (AvgIpc) is 2.69. The van der Waals surface area contributed by atoms with E-state index in [0.717, 1.165) is 31.0 Å². The van der Waals surface area contributed by atoms with Gasteiger partial charge >= 0.3 is 0 Å². The van der Waals surface area contributed by atoms with E-state index in [2.05, 4.69) is 29.2 Å². The maximum absolute atomic E-state index is 10.1. The number of benzene rings is 2. The van der Waals surface area contributed by atoms with Gasteiger partial charge < -0.3 is 10.8 Å². The quantitative estimate of drug-likeness (QED) is 0.802. The molecule has 0 amide bonds. The van der Waals surface area contributed by atoms with Crippen LogP contribution in [0.25, 0.3) is 0 Å². The molecular weight excluding hydrogens is 332 g/mol. The molecule has 3 aliphatic rings. The van der Waals surface area contributed by atoms with E-state index in [-0.39, 0.29) is 0 Å². The van der Waals surface area contributed by atoms with Crippen molar-refractivity contribution in [2.75, 3.05) is 18.8 Å². The molecule has 2 aromatic carbocycles. The Morgan fingerprint density at radius 2 is 1.93 bits per heavy atom. The third-order valence-electron chi connectivity index (χ3n) is 7.60. The van der Waals surface area contributed by atoms with Gasteiger partial charge in [0.1, 0.15) is 5.75 Å². The number of anilines is 1. The minimum absolute atomic E-state index is 0.312. The topological polar surface area (TPSA) is 49.5 Å². The molecule has 2 fully saturated rings. The van der Waals surface area contributed by atoms with Gasteiger partial charge in [0.25, 0.3) is 0 Å². The van der Waals surface area contributed by atoms with Crippen LogP contribution in [0.4, 0.5) is 5.69 Å². The summed E-state index contributed by atoms with van der Waals surface area (Å²) in [4.78, 5) is 2.76. The van der Waals surface area contributed by atoms with Crippen molar-refractivity contribution in [2.24, 2.45) is 5.92 Å². The summed E-state index contributed by atoms with van der Waals surface area (Å²) < 4.78 is 0. The molecule has 1 saturated heterocycles. The Hall–Kier alpha value is -2.00. The maximum atomic E-state index is 10.1. The summed E-state index contributed by atoms with van der Waals surface area (Å²) >= 11 is 0. The average molecular weight is 363 g/mol. The minimum atomic E-state index is 0.312. The lowest BCUT2D eigenvalue weighted by Gasteiger charge is -2.59. The van der Waals surface area contributed by atoms with Crippen molar-refractivity contribution in [3.8, 4) is 5.75 Å². The molecule has 0 aromatic heterocycles. The molecule has 1 saturated carbocycles. The Balaban J connectivity index is 1.42. The molecule has 2 bridgehead atoms. The van der Waals surface area contributed by atoms with E-state index < -0.39 is 0 Å². The standard InChI is InChI=1S/C24H30N2O/c25-19-7-4-17(5-8-19)10-13-26-14-12-24-11-2-1-3-21(24)23(26)15-18-6-9-20(27)16-22(18)24/h4-9,16,21,23,27H,1-3,10-15,25H2/t21-,23-,24+/m0/s1. The zero-order valence-electron chi connectivity index (χ0n) is 16.0. The van der Waals surface area contributed by atoms with Gasteiger partial charge in [0.05, 0.1) is 0 Å². The molecule has 2 aliphatic carbocycles. The van der Waals surface area contributed by atoms with Crippen LogP contribution < -0.4 is 5.73 Å². The van der Waals surface area contributed by atoms with E-state index in [1.165, 1.54) is 55.3 Å². The van der Waals surface area contributed by atoms with Crippen molar-refractivity contribution in [2.45, 2.75) is 56.4 Å². The summed E-state index contributed by atoms with van der Waals surface area (Å²) in [6.07, 6.45) is 8.83. The van der Waals surface area contributed by atoms with Crippen LogP contribution in [0, 0.1) is 5.92 Å². The molecule has 3 N–H and O–H groups in total. The molecule has 3 nitrogen and oxygen atoms in total. The number of piperidine rings is 1. The number of phenolic OH excluding ortho intramolecular Hbond substituents is 1. The minimum Gasteiger partial charge on any atom is -0.508 e. The van der Waals surface area contributed by atoms with E-state index in [1.54, 1.807) is 0 Å². The van der Waals surface area contributed by atoms with Gasteiger partial charge in [0.15, 0.2) is 0 Å². The fourth-order valence-corrected chi connectivity index (χ4v) is 6.31. The van der Waals surface area contributed by atoms with Crippen molar-refractivity contribution in [1.29, 1.82) is 0 Å². The molecule has 1 aliphatic heterocycles. The number of nitrogen functional groups attached to an aromatic ring is 1. The molecule has 27 heavy (non-hydrogen) atoms. The molecule has 2 aromatic rings. The number of rotatable bonds is 3. The van der Waals surface area contributed by atoms with Crippen LogP contribution >= 0.6 is 0 Å². The van der Waals surface area contributed by atoms with E-state index in [0.29, 0.717) is 17.2 Å². The monoisotopic (exact) mass is 362 g/mol. The largest absolute Gasteiger partial charge is 0.508 e. The first kappa shape index (κ1) is 17.1.